The standard InChI is InChI=1S/C31H41N3O5S/c1-22(2)25-8-10-26(11-9-25)32-31(36)34(16-17-37-4)21-30(35)33(20-29-23(3)14-18-40-29)15-13-24-7-12-27(38-5)28(19-24)39-6/h7-12,14,18-19,22H,13,15-17,20-21H2,1-6H3,(H,32,36). The van der Waals surface area contributed by atoms with Crippen LogP contribution in [-0.4, -0.2) is 69.3 Å². The van der Waals surface area contributed by atoms with E-state index in [0.717, 1.165) is 16.0 Å². The fourth-order valence-electron chi connectivity index (χ4n) is 4.20. The van der Waals surface area contributed by atoms with Crippen molar-refractivity contribution in [3.8, 4) is 11.5 Å². The molecule has 3 rings (SSSR count). The molecule has 3 aromatic rings. The molecule has 0 atom stereocenters. The third kappa shape index (κ3) is 8.72. The number of urea groups is 1. The van der Waals surface area contributed by atoms with Crippen molar-refractivity contribution in [1.82, 2.24) is 9.80 Å². The van der Waals surface area contributed by atoms with Gasteiger partial charge in [0.2, 0.25) is 5.91 Å². The van der Waals surface area contributed by atoms with Gasteiger partial charge in [0.05, 0.1) is 27.4 Å². The number of hydrogen-bond donors (Lipinski definition) is 1. The number of nitrogens with zero attached hydrogens (tertiary/aromatic N) is 2. The third-order valence-corrected chi connectivity index (χ3v) is 7.79. The molecule has 1 aromatic heterocycles. The largest absolute Gasteiger partial charge is 0.493 e. The van der Waals surface area contributed by atoms with E-state index in [-0.39, 0.29) is 18.5 Å². The van der Waals surface area contributed by atoms with Gasteiger partial charge in [0.25, 0.3) is 0 Å². The van der Waals surface area contributed by atoms with Gasteiger partial charge in [0, 0.05) is 30.8 Å². The number of benzene rings is 2. The number of thiophene rings is 1. The SMILES string of the molecule is COCCN(CC(=O)N(CCc1ccc(OC)c(OC)c1)Cc1sccc1C)C(=O)Nc1ccc(C(C)C)cc1. The Morgan fingerprint density at radius 1 is 0.925 bits per heavy atom. The molecule has 3 amide bonds. The van der Waals surface area contributed by atoms with E-state index in [1.165, 1.54) is 10.5 Å². The summed E-state index contributed by atoms with van der Waals surface area (Å²) in [6.45, 7) is 7.82. The first-order chi connectivity index (χ1) is 19.2. The van der Waals surface area contributed by atoms with Gasteiger partial charge >= 0.3 is 6.03 Å². The molecule has 0 spiro atoms. The average molecular weight is 568 g/mol. The fraction of sp³-hybridized carbons (Fsp3) is 0.419. The molecule has 0 unspecified atom stereocenters. The Morgan fingerprint density at radius 2 is 1.65 bits per heavy atom. The quantitative estimate of drug-likeness (QED) is 0.260. The zero-order valence-corrected chi connectivity index (χ0v) is 25.2. The third-order valence-electron chi connectivity index (χ3n) is 6.78. The second-order valence-corrected chi connectivity index (χ2v) is 10.9. The van der Waals surface area contributed by atoms with Gasteiger partial charge < -0.3 is 29.3 Å². The molecule has 0 fully saturated rings. The number of carbonyl (C=O) groups excluding carboxylic acids is 2. The maximum absolute atomic E-state index is 13.7. The molecule has 0 aliphatic rings. The van der Waals surface area contributed by atoms with Gasteiger partial charge in [-0.1, -0.05) is 32.0 Å². The van der Waals surface area contributed by atoms with Crippen molar-refractivity contribution in [3.63, 3.8) is 0 Å². The Kier molecular flexibility index (Phi) is 11.8. The van der Waals surface area contributed by atoms with Crippen molar-refractivity contribution < 1.29 is 23.8 Å². The van der Waals surface area contributed by atoms with Crippen LogP contribution < -0.4 is 14.8 Å². The molecule has 0 saturated carbocycles. The van der Waals surface area contributed by atoms with Gasteiger partial charge in [-0.05, 0) is 71.7 Å². The maximum Gasteiger partial charge on any atom is 0.322 e. The zero-order valence-electron chi connectivity index (χ0n) is 24.4. The molecule has 0 bridgehead atoms. The highest BCUT2D eigenvalue weighted by Crippen LogP contribution is 2.28. The molecule has 40 heavy (non-hydrogen) atoms. The molecule has 8 nitrogen and oxygen atoms in total. The molecule has 1 heterocycles. The predicted octanol–water partition coefficient (Wildman–Crippen LogP) is 5.95. The number of rotatable bonds is 14. The Balaban J connectivity index is 1.75. The van der Waals surface area contributed by atoms with E-state index in [2.05, 4.69) is 25.2 Å². The van der Waals surface area contributed by atoms with Crippen molar-refractivity contribution in [1.29, 1.82) is 0 Å². The van der Waals surface area contributed by atoms with Crippen LogP contribution in [0.1, 0.15) is 41.3 Å². The molecule has 1 N–H and O–H groups in total. The van der Waals surface area contributed by atoms with E-state index in [9.17, 15) is 9.59 Å². The molecule has 0 radical (unpaired) electrons. The fourth-order valence-corrected chi connectivity index (χ4v) is 5.12. The lowest BCUT2D eigenvalue weighted by molar-refractivity contribution is -0.132. The van der Waals surface area contributed by atoms with Gasteiger partial charge in [-0.3, -0.25) is 4.79 Å². The summed E-state index contributed by atoms with van der Waals surface area (Å²) in [6.07, 6.45) is 0.628. The van der Waals surface area contributed by atoms with Crippen LogP contribution in [-0.2, 0) is 22.5 Å². The summed E-state index contributed by atoms with van der Waals surface area (Å²) in [5, 5.41) is 4.97. The summed E-state index contributed by atoms with van der Waals surface area (Å²) in [6, 6.07) is 15.3. The lowest BCUT2D eigenvalue weighted by atomic mass is 10.0. The number of ether oxygens (including phenoxy) is 3. The van der Waals surface area contributed by atoms with Crippen LogP contribution in [0.2, 0.25) is 0 Å². The van der Waals surface area contributed by atoms with Gasteiger partial charge in [-0.25, -0.2) is 4.79 Å². The summed E-state index contributed by atoms with van der Waals surface area (Å²) < 4.78 is 16.0. The molecule has 216 valence electrons. The highest BCUT2D eigenvalue weighted by molar-refractivity contribution is 7.10. The number of amides is 3. The van der Waals surface area contributed by atoms with E-state index < -0.39 is 0 Å². The number of aryl methyl sites for hydroxylation is 1. The summed E-state index contributed by atoms with van der Waals surface area (Å²) in [4.78, 5) is 31.4. The number of carbonyl (C=O) groups is 2. The predicted molar refractivity (Wildman–Crippen MR) is 161 cm³/mol. The monoisotopic (exact) mass is 567 g/mol. The van der Waals surface area contributed by atoms with Gasteiger partial charge in [-0.2, -0.15) is 0 Å². The summed E-state index contributed by atoms with van der Waals surface area (Å²) in [5.74, 6) is 1.58. The van der Waals surface area contributed by atoms with Crippen LogP contribution in [0, 0.1) is 6.92 Å². The average Bonchev–Trinajstić information content (AvgIpc) is 3.36. The molecule has 9 heteroatoms. The second-order valence-electron chi connectivity index (χ2n) is 9.90. The second kappa shape index (κ2) is 15.3. The van der Waals surface area contributed by atoms with Crippen LogP contribution in [0.4, 0.5) is 10.5 Å². The van der Waals surface area contributed by atoms with Crippen molar-refractivity contribution in [2.75, 3.05) is 52.9 Å². The van der Waals surface area contributed by atoms with Crippen LogP contribution in [0.5, 0.6) is 11.5 Å². The Bertz CT molecular complexity index is 1240. The minimum Gasteiger partial charge on any atom is -0.493 e. The molecule has 2 aromatic carbocycles. The Morgan fingerprint density at radius 3 is 2.25 bits per heavy atom. The van der Waals surface area contributed by atoms with Crippen LogP contribution in [0.25, 0.3) is 0 Å². The first-order valence-corrected chi connectivity index (χ1v) is 14.3. The normalized spacial score (nSPS) is 10.9. The van der Waals surface area contributed by atoms with E-state index in [1.54, 1.807) is 32.7 Å². The molecule has 0 aliphatic heterocycles. The van der Waals surface area contributed by atoms with Gasteiger partial charge in [0.15, 0.2) is 11.5 Å². The van der Waals surface area contributed by atoms with Gasteiger partial charge in [-0.15, -0.1) is 11.3 Å². The number of anilines is 1. The minimum atomic E-state index is -0.338. The number of methoxy groups -OCH3 is 3. The molecule has 0 aliphatic carbocycles. The Hall–Kier alpha value is -3.56. The van der Waals surface area contributed by atoms with Gasteiger partial charge in [0.1, 0.15) is 6.54 Å². The molecular formula is C31H41N3O5S. The highest BCUT2D eigenvalue weighted by Gasteiger charge is 2.23. The number of nitrogens with one attached hydrogen (secondary N) is 1. The number of hydrogen-bond acceptors (Lipinski definition) is 6. The Labute approximate surface area is 241 Å². The zero-order chi connectivity index (χ0) is 29.1. The van der Waals surface area contributed by atoms with Crippen molar-refractivity contribution >= 4 is 29.0 Å². The maximum atomic E-state index is 13.7. The summed E-state index contributed by atoms with van der Waals surface area (Å²) in [5.41, 5.74) is 4.05. The minimum absolute atomic E-state index is 0.0599. The van der Waals surface area contributed by atoms with E-state index in [1.807, 2.05) is 59.7 Å². The van der Waals surface area contributed by atoms with Crippen LogP contribution in [0.3, 0.4) is 0 Å². The smallest absolute Gasteiger partial charge is 0.322 e. The molecular weight excluding hydrogens is 526 g/mol. The van der Waals surface area contributed by atoms with Crippen LogP contribution in [0.15, 0.2) is 53.9 Å². The first kappa shape index (κ1) is 31.0. The van der Waals surface area contributed by atoms with Crippen molar-refractivity contribution in [3.05, 3.63) is 75.5 Å². The van der Waals surface area contributed by atoms with Crippen molar-refractivity contribution in [2.45, 2.75) is 39.7 Å². The summed E-state index contributed by atoms with van der Waals surface area (Å²) in [7, 11) is 4.79. The lowest BCUT2D eigenvalue weighted by Crippen LogP contribution is -2.46. The van der Waals surface area contributed by atoms with E-state index >= 15 is 0 Å². The molecule has 0 saturated heterocycles. The lowest BCUT2D eigenvalue weighted by Gasteiger charge is -2.28. The topological polar surface area (TPSA) is 80.3 Å². The first-order valence-electron chi connectivity index (χ1n) is 13.4. The van der Waals surface area contributed by atoms with E-state index in [0.29, 0.717) is 55.8 Å². The highest BCUT2D eigenvalue weighted by atomic mass is 32.1. The van der Waals surface area contributed by atoms with E-state index in [4.69, 9.17) is 14.2 Å². The van der Waals surface area contributed by atoms with Crippen LogP contribution >= 0.6 is 11.3 Å². The van der Waals surface area contributed by atoms with Crippen molar-refractivity contribution in [2.24, 2.45) is 0 Å². The summed E-state index contributed by atoms with van der Waals surface area (Å²) >= 11 is 1.63.